The molecule has 0 aliphatic carbocycles. The number of amidine groups is 1. The number of aliphatic imine (C=N–C) groups is 1. The quantitative estimate of drug-likeness (QED) is 0.870. The first-order valence-electron chi connectivity index (χ1n) is 6.91. The molecule has 1 amide bonds. The average molecular weight is 309 g/mol. The van der Waals surface area contributed by atoms with Gasteiger partial charge in [0.15, 0.2) is 5.17 Å². The normalized spacial score (nSPS) is 22.5. The van der Waals surface area contributed by atoms with Crippen molar-refractivity contribution >= 4 is 22.8 Å². The Bertz CT molecular complexity index is 588. The minimum absolute atomic E-state index is 0.118. The maximum atomic E-state index is 13.0. The molecule has 2 heterocycles. The number of nitrogens with zero attached hydrogens (tertiary/aromatic N) is 2. The molecule has 1 atom stereocenters. The number of thioether (sulfide) groups is 1. The van der Waals surface area contributed by atoms with Crippen molar-refractivity contribution in [1.82, 2.24) is 10.4 Å². The van der Waals surface area contributed by atoms with E-state index in [1.165, 1.54) is 23.9 Å². The van der Waals surface area contributed by atoms with Crippen molar-refractivity contribution in [2.45, 2.75) is 24.5 Å². The molecule has 5 nitrogen and oxygen atoms in total. The Hall–Kier alpha value is -1.60. The zero-order chi connectivity index (χ0) is 14.8. The predicted molar refractivity (Wildman–Crippen MR) is 79.5 cm³/mol. The fourth-order valence-corrected chi connectivity index (χ4v) is 3.48. The van der Waals surface area contributed by atoms with E-state index in [0.717, 1.165) is 32.0 Å². The topological polar surface area (TPSA) is 64.9 Å². The molecule has 0 spiro atoms. The van der Waals surface area contributed by atoms with Crippen LogP contribution in [0.3, 0.4) is 0 Å². The molecule has 7 heteroatoms. The number of rotatable bonds is 2. The van der Waals surface area contributed by atoms with Gasteiger partial charge in [-0.1, -0.05) is 17.8 Å². The molecule has 1 saturated heterocycles. The SMILES string of the molecule is O=C1N=C(N2CCCCN2)SC1Cc1ccc(F)cc1O. The summed E-state index contributed by atoms with van der Waals surface area (Å²) in [4.78, 5) is 16.1. The van der Waals surface area contributed by atoms with Gasteiger partial charge in [0.2, 0.25) is 0 Å². The lowest BCUT2D eigenvalue weighted by molar-refractivity contribution is -0.117. The first-order chi connectivity index (χ1) is 10.1. The third kappa shape index (κ3) is 3.19. The molecule has 0 radical (unpaired) electrons. The summed E-state index contributed by atoms with van der Waals surface area (Å²) in [6.45, 7) is 1.73. The molecule has 2 aliphatic rings. The van der Waals surface area contributed by atoms with Crippen LogP contribution in [0.5, 0.6) is 5.75 Å². The summed E-state index contributed by atoms with van der Waals surface area (Å²) in [6.07, 6.45) is 2.54. The fraction of sp³-hybridized carbons (Fsp3) is 0.429. The van der Waals surface area contributed by atoms with Crippen LogP contribution >= 0.6 is 11.8 Å². The third-order valence-corrected chi connectivity index (χ3v) is 4.70. The van der Waals surface area contributed by atoms with E-state index in [1.807, 2.05) is 5.01 Å². The number of nitrogens with one attached hydrogen (secondary N) is 1. The molecule has 2 aliphatic heterocycles. The molecular weight excluding hydrogens is 293 g/mol. The summed E-state index contributed by atoms with van der Waals surface area (Å²) in [7, 11) is 0. The number of carbonyl (C=O) groups excluding carboxylic acids is 1. The van der Waals surface area contributed by atoms with E-state index >= 15 is 0 Å². The van der Waals surface area contributed by atoms with Crippen LogP contribution in [0, 0.1) is 5.82 Å². The summed E-state index contributed by atoms with van der Waals surface area (Å²) in [6, 6.07) is 3.86. The van der Waals surface area contributed by atoms with Crippen LogP contribution in [0.2, 0.25) is 0 Å². The Morgan fingerprint density at radius 1 is 1.48 bits per heavy atom. The van der Waals surface area contributed by atoms with Gasteiger partial charge in [-0.15, -0.1) is 0 Å². The number of hydrogen-bond acceptors (Lipinski definition) is 5. The molecule has 0 saturated carbocycles. The molecule has 1 aromatic carbocycles. The lowest BCUT2D eigenvalue weighted by atomic mass is 10.1. The first-order valence-corrected chi connectivity index (χ1v) is 7.79. The standard InChI is InChI=1S/C14H16FN3O2S/c15-10-4-3-9(11(19)8-10)7-12-13(20)17-14(21-12)18-6-2-1-5-16-18/h3-4,8,12,16,19H,1-2,5-7H2. The van der Waals surface area contributed by atoms with E-state index in [9.17, 15) is 14.3 Å². The van der Waals surface area contributed by atoms with Crippen molar-refractivity contribution in [2.75, 3.05) is 13.1 Å². The van der Waals surface area contributed by atoms with Crippen LogP contribution in [0.4, 0.5) is 4.39 Å². The Labute approximate surface area is 126 Å². The van der Waals surface area contributed by atoms with Gasteiger partial charge in [0.1, 0.15) is 11.6 Å². The molecule has 21 heavy (non-hydrogen) atoms. The highest BCUT2D eigenvalue weighted by Gasteiger charge is 2.32. The van der Waals surface area contributed by atoms with Gasteiger partial charge in [-0.2, -0.15) is 4.99 Å². The third-order valence-electron chi connectivity index (χ3n) is 3.52. The summed E-state index contributed by atoms with van der Waals surface area (Å²) in [5.74, 6) is -0.810. The van der Waals surface area contributed by atoms with E-state index in [4.69, 9.17) is 0 Å². The van der Waals surface area contributed by atoms with Crippen LogP contribution in [0.15, 0.2) is 23.2 Å². The van der Waals surface area contributed by atoms with Crippen molar-refractivity contribution < 1.29 is 14.3 Å². The van der Waals surface area contributed by atoms with Gasteiger partial charge < -0.3 is 5.11 Å². The summed E-state index contributed by atoms with van der Waals surface area (Å²) in [5.41, 5.74) is 3.78. The maximum Gasteiger partial charge on any atom is 0.262 e. The lowest BCUT2D eigenvalue weighted by Gasteiger charge is -2.28. The van der Waals surface area contributed by atoms with Gasteiger partial charge in [0.05, 0.1) is 5.25 Å². The summed E-state index contributed by atoms with van der Waals surface area (Å²) < 4.78 is 13.0. The van der Waals surface area contributed by atoms with E-state index in [-0.39, 0.29) is 16.9 Å². The Morgan fingerprint density at radius 3 is 3.05 bits per heavy atom. The lowest BCUT2D eigenvalue weighted by Crippen LogP contribution is -2.45. The molecule has 1 aromatic rings. The number of phenols is 1. The van der Waals surface area contributed by atoms with Crippen LogP contribution < -0.4 is 5.43 Å². The second-order valence-electron chi connectivity index (χ2n) is 5.08. The zero-order valence-corrected chi connectivity index (χ0v) is 12.2. The second-order valence-corrected chi connectivity index (χ2v) is 6.25. The monoisotopic (exact) mass is 309 g/mol. The van der Waals surface area contributed by atoms with E-state index in [0.29, 0.717) is 17.2 Å². The van der Waals surface area contributed by atoms with Gasteiger partial charge in [-0.05, 0) is 30.9 Å². The molecule has 1 unspecified atom stereocenters. The molecule has 2 N–H and O–H groups in total. The predicted octanol–water partition coefficient (Wildman–Crippen LogP) is 1.67. The highest BCUT2D eigenvalue weighted by atomic mass is 32.2. The summed E-state index contributed by atoms with van der Waals surface area (Å²) >= 11 is 1.39. The van der Waals surface area contributed by atoms with E-state index in [1.54, 1.807) is 0 Å². The van der Waals surface area contributed by atoms with Crippen molar-refractivity contribution in [1.29, 1.82) is 0 Å². The average Bonchev–Trinajstić information content (AvgIpc) is 2.84. The zero-order valence-electron chi connectivity index (χ0n) is 11.4. The maximum absolute atomic E-state index is 13.0. The van der Waals surface area contributed by atoms with Crippen molar-refractivity contribution in [3.05, 3.63) is 29.6 Å². The Balaban J connectivity index is 1.67. The molecule has 0 aromatic heterocycles. The number of phenolic OH excluding ortho intramolecular Hbond substituents is 1. The minimum atomic E-state index is -0.490. The molecule has 0 bridgehead atoms. The highest BCUT2D eigenvalue weighted by molar-refractivity contribution is 8.15. The van der Waals surface area contributed by atoms with Gasteiger partial charge in [0.25, 0.3) is 5.91 Å². The number of halogens is 1. The number of hydrogen-bond donors (Lipinski definition) is 2. The van der Waals surface area contributed by atoms with Crippen molar-refractivity contribution in [2.24, 2.45) is 4.99 Å². The van der Waals surface area contributed by atoms with Gasteiger partial charge in [-0.3, -0.25) is 9.80 Å². The summed E-state index contributed by atoms with van der Waals surface area (Å²) in [5, 5.41) is 12.0. The van der Waals surface area contributed by atoms with Crippen LogP contribution in [0.1, 0.15) is 18.4 Å². The number of amides is 1. The molecule has 1 fully saturated rings. The van der Waals surface area contributed by atoms with Crippen molar-refractivity contribution in [3.8, 4) is 5.75 Å². The molecule has 3 rings (SSSR count). The van der Waals surface area contributed by atoms with Crippen LogP contribution in [-0.4, -0.2) is 39.5 Å². The van der Waals surface area contributed by atoms with E-state index in [2.05, 4.69) is 10.4 Å². The van der Waals surface area contributed by atoms with Gasteiger partial charge in [0, 0.05) is 19.2 Å². The minimum Gasteiger partial charge on any atom is -0.508 e. The fourth-order valence-electron chi connectivity index (χ4n) is 2.38. The Kier molecular flexibility index (Phi) is 4.12. The largest absolute Gasteiger partial charge is 0.508 e. The number of hydrazine groups is 1. The smallest absolute Gasteiger partial charge is 0.262 e. The van der Waals surface area contributed by atoms with Crippen LogP contribution in [0.25, 0.3) is 0 Å². The van der Waals surface area contributed by atoms with Gasteiger partial charge in [-0.25, -0.2) is 9.82 Å². The number of carbonyl (C=O) groups is 1. The van der Waals surface area contributed by atoms with Crippen molar-refractivity contribution in [3.63, 3.8) is 0 Å². The number of aromatic hydroxyl groups is 1. The molecule has 112 valence electrons. The van der Waals surface area contributed by atoms with E-state index < -0.39 is 5.82 Å². The second kappa shape index (κ2) is 6.03. The van der Waals surface area contributed by atoms with Crippen LogP contribution in [-0.2, 0) is 11.2 Å². The van der Waals surface area contributed by atoms with Gasteiger partial charge >= 0.3 is 0 Å². The highest BCUT2D eigenvalue weighted by Crippen LogP contribution is 2.30. The Morgan fingerprint density at radius 2 is 2.33 bits per heavy atom. The first kappa shape index (κ1) is 14.3. The number of benzene rings is 1. The molecular formula is C14H16FN3O2S.